The van der Waals surface area contributed by atoms with Crippen molar-refractivity contribution in [2.45, 2.75) is 59.4 Å². The van der Waals surface area contributed by atoms with Gasteiger partial charge < -0.3 is 15.0 Å². The summed E-state index contributed by atoms with van der Waals surface area (Å²) >= 11 is 0. The Labute approximate surface area is 141 Å². The second-order valence-corrected chi connectivity index (χ2v) is 6.42. The van der Waals surface area contributed by atoms with E-state index in [1.807, 2.05) is 13.1 Å². The third-order valence-corrected chi connectivity index (χ3v) is 4.22. The largest absolute Gasteiger partial charge is 0.411 e. The van der Waals surface area contributed by atoms with E-state index in [1.165, 1.54) is 29.5 Å². The first-order chi connectivity index (χ1) is 11.0. The van der Waals surface area contributed by atoms with Gasteiger partial charge in [0.25, 0.3) is 0 Å². The molecule has 0 aromatic carbocycles. The van der Waals surface area contributed by atoms with Crippen molar-refractivity contribution in [3.8, 4) is 0 Å². The third kappa shape index (κ3) is 5.99. The molecule has 0 radical (unpaired) electrons. The van der Waals surface area contributed by atoms with E-state index in [4.69, 9.17) is 9.94 Å². The monoisotopic (exact) mass is 323 g/mol. The summed E-state index contributed by atoms with van der Waals surface area (Å²) in [6.07, 6.45) is 7.77. The molecule has 5 heteroatoms. The van der Waals surface area contributed by atoms with E-state index in [-0.39, 0.29) is 0 Å². The number of nitrogens with zero attached hydrogens (tertiary/aromatic N) is 2. The number of oxime groups is 1. The fourth-order valence-corrected chi connectivity index (χ4v) is 2.92. The van der Waals surface area contributed by atoms with Crippen LogP contribution in [-0.4, -0.2) is 42.7 Å². The lowest BCUT2D eigenvalue weighted by atomic mass is 9.94. The molecule has 0 fully saturated rings. The van der Waals surface area contributed by atoms with Crippen LogP contribution in [0.25, 0.3) is 0 Å². The van der Waals surface area contributed by atoms with E-state index in [0.29, 0.717) is 12.0 Å². The number of allylic oxidation sites excluding steroid dienone is 2. The number of hydrogen-bond donors (Lipinski definition) is 2. The van der Waals surface area contributed by atoms with Gasteiger partial charge in [-0.25, -0.2) is 5.43 Å². The van der Waals surface area contributed by atoms with Crippen LogP contribution in [0.5, 0.6) is 0 Å². The average Bonchev–Trinajstić information content (AvgIpc) is 2.78. The zero-order chi connectivity index (χ0) is 17.2. The number of likely N-dealkylation sites (N-methyl/N-ethyl adjacent to an activating group) is 1. The summed E-state index contributed by atoms with van der Waals surface area (Å²) in [4.78, 5) is 0. The predicted molar refractivity (Wildman–Crippen MR) is 95.5 cm³/mol. The Hall–Kier alpha value is -1.33. The quantitative estimate of drug-likeness (QED) is 0.278. The van der Waals surface area contributed by atoms with Gasteiger partial charge >= 0.3 is 0 Å². The Morgan fingerprint density at radius 3 is 2.70 bits per heavy atom. The maximum Gasteiger partial charge on any atom is 0.0665 e. The molecule has 1 heterocycles. The van der Waals surface area contributed by atoms with Crippen LogP contribution in [0.3, 0.4) is 0 Å². The van der Waals surface area contributed by atoms with Gasteiger partial charge in [0.2, 0.25) is 0 Å². The number of unbranched alkanes of at least 4 members (excludes halogenated alkanes) is 1. The van der Waals surface area contributed by atoms with E-state index in [2.05, 4.69) is 43.3 Å². The molecule has 0 spiro atoms. The van der Waals surface area contributed by atoms with Crippen molar-refractivity contribution in [1.29, 1.82) is 0 Å². The van der Waals surface area contributed by atoms with Crippen LogP contribution in [0.1, 0.15) is 53.4 Å². The molecule has 5 nitrogen and oxygen atoms in total. The number of ether oxygens (including phenoxy) is 1. The summed E-state index contributed by atoms with van der Waals surface area (Å²) in [5.74, 6) is 0.360. The molecule has 0 aromatic heterocycles. The third-order valence-electron chi connectivity index (χ3n) is 4.22. The fraction of sp³-hybridized carbons (Fsp3) is 0.722. The standard InChI is InChI=1S/C18H33N3O2/c1-6-7-12-23-13-8-9-17-15(4)18(21(5)20-17)16(14(2)3)10-11-19-22/h10-11,14,17,20,22H,6-9,12-13H2,1-5H3/b16-10-,19-11+. The fourth-order valence-electron chi connectivity index (χ4n) is 2.92. The maximum absolute atomic E-state index is 8.69. The van der Waals surface area contributed by atoms with Gasteiger partial charge in [-0.3, -0.25) is 0 Å². The molecule has 1 aliphatic heterocycles. The predicted octanol–water partition coefficient (Wildman–Crippen LogP) is 3.72. The van der Waals surface area contributed by atoms with Crippen molar-refractivity contribution in [1.82, 2.24) is 10.4 Å². The number of nitrogens with one attached hydrogen (secondary N) is 1. The first kappa shape index (κ1) is 19.7. The molecule has 1 aliphatic rings. The molecule has 23 heavy (non-hydrogen) atoms. The van der Waals surface area contributed by atoms with Crippen molar-refractivity contribution >= 4 is 6.21 Å². The summed E-state index contributed by atoms with van der Waals surface area (Å²) in [6.45, 7) is 10.4. The minimum atomic E-state index is 0.345. The zero-order valence-electron chi connectivity index (χ0n) is 15.3. The van der Waals surface area contributed by atoms with E-state index >= 15 is 0 Å². The van der Waals surface area contributed by atoms with Crippen molar-refractivity contribution in [2.24, 2.45) is 11.1 Å². The number of rotatable bonds is 10. The molecular formula is C18H33N3O2. The number of hydrazine groups is 1. The highest BCUT2D eigenvalue weighted by atomic mass is 16.5. The van der Waals surface area contributed by atoms with Crippen molar-refractivity contribution in [3.05, 3.63) is 22.9 Å². The van der Waals surface area contributed by atoms with Crippen molar-refractivity contribution < 1.29 is 9.94 Å². The molecule has 0 amide bonds. The summed E-state index contributed by atoms with van der Waals surface area (Å²) < 4.78 is 5.65. The smallest absolute Gasteiger partial charge is 0.0665 e. The highest BCUT2D eigenvalue weighted by Gasteiger charge is 2.28. The van der Waals surface area contributed by atoms with Crippen LogP contribution in [0.2, 0.25) is 0 Å². The van der Waals surface area contributed by atoms with E-state index in [1.54, 1.807) is 0 Å². The van der Waals surface area contributed by atoms with Crippen LogP contribution >= 0.6 is 0 Å². The van der Waals surface area contributed by atoms with Gasteiger partial charge in [-0.05, 0) is 49.3 Å². The highest BCUT2D eigenvalue weighted by molar-refractivity contribution is 5.73. The molecule has 0 bridgehead atoms. The molecule has 0 aromatic rings. The highest BCUT2D eigenvalue weighted by Crippen LogP contribution is 2.31. The van der Waals surface area contributed by atoms with Gasteiger partial charge in [0.05, 0.1) is 11.9 Å². The van der Waals surface area contributed by atoms with Gasteiger partial charge in [0.15, 0.2) is 0 Å². The minimum Gasteiger partial charge on any atom is -0.411 e. The second-order valence-electron chi connectivity index (χ2n) is 6.42. The van der Waals surface area contributed by atoms with Crippen LogP contribution in [0.4, 0.5) is 0 Å². The van der Waals surface area contributed by atoms with Crippen LogP contribution in [0.15, 0.2) is 28.1 Å². The topological polar surface area (TPSA) is 57.1 Å². The SMILES string of the molecule is CCCCOCCCC1NN(C)C(/C(=C\C=N\O)C(C)C)=C1C. The van der Waals surface area contributed by atoms with Gasteiger partial charge in [-0.15, -0.1) is 0 Å². The van der Waals surface area contributed by atoms with Crippen LogP contribution in [0, 0.1) is 5.92 Å². The molecule has 1 rings (SSSR count). The van der Waals surface area contributed by atoms with Gasteiger partial charge in [0.1, 0.15) is 0 Å². The lowest BCUT2D eigenvalue weighted by Crippen LogP contribution is -2.35. The Morgan fingerprint density at radius 2 is 2.09 bits per heavy atom. The zero-order valence-corrected chi connectivity index (χ0v) is 15.3. The molecule has 0 saturated heterocycles. The Morgan fingerprint density at radius 1 is 1.39 bits per heavy atom. The molecule has 0 saturated carbocycles. The summed E-state index contributed by atoms with van der Waals surface area (Å²) in [5.41, 5.74) is 7.25. The lowest BCUT2D eigenvalue weighted by Gasteiger charge is -2.22. The molecule has 2 N–H and O–H groups in total. The molecule has 0 aliphatic carbocycles. The first-order valence-corrected chi connectivity index (χ1v) is 8.69. The van der Waals surface area contributed by atoms with Crippen LogP contribution in [-0.2, 0) is 4.74 Å². The Bertz CT molecular complexity index is 442. The maximum atomic E-state index is 8.69. The molecule has 1 atom stereocenters. The van der Waals surface area contributed by atoms with Crippen molar-refractivity contribution in [3.63, 3.8) is 0 Å². The summed E-state index contributed by atoms with van der Waals surface area (Å²) in [5, 5.41) is 13.9. The van der Waals surface area contributed by atoms with E-state index in [9.17, 15) is 0 Å². The van der Waals surface area contributed by atoms with Crippen molar-refractivity contribution in [2.75, 3.05) is 20.3 Å². The normalized spacial score (nSPS) is 19.7. The van der Waals surface area contributed by atoms with Crippen LogP contribution < -0.4 is 5.43 Å². The Kier molecular flexibility index (Phi) is 8.95. The summed E-state index contributed by atoms with van der Waals surface area (Å²) in [7, 11) is 2.04. The van der Waals surface area contributed by atoms with E-state index < -0.39 is 0 Å². The van der Waals surface area contributed by atoms with Gasteiger partial charge in [-0.2, -0.15) is 0 Å². The molecule has 1 unspecified atom stereocenters. The molecular weight excluding hydrogens is 290 g/mol. The first-order valence-electron chi connectivity index (χ1n) is 8.69. The van der Waals surface area contributed by atoms with Gasteiger partial charge in [0, 0.05) is 26.3 Å². The average molecular weight is 323 g/mol. The van der Waals surface area contributed by atoms with Gasteiger partial charge in [-0.1, -0.05) is 32.3 Å². The summed E-state index contributed by atoms with van der Waals surface area (Å²) in [6, 6.07) is 0.345. The number of hydrogen-bond acceptors (Lipinski definition) is 5. The van der Waals surface area contributed by atoms with E-state index in [0.717, 1.165) is 32.5 Å². The molecule has 132 valence electrons. The Balaban J connectivity index is 2.66. The lowest BCUT2D eigenvalue weighted by molar-refractivity contribution is 0.125. The minimum absolute atomic E-state index is 0.345. The second kappa shape index (κ2) is 10.4.